The van der Waals surface area contributed by atoms with Gasteiger partial charge in [-0.2, -0.15) is 5.10 Å². The predicted molar refractivity (Wildman–Crippen MR) is 108 cm³/mol. The molecule has 0 aliphatic rings. The summed E-state index contributed by atoms with van der Waals surface area (Å²) in [7, 11) is 1.74. The van der Waals surface area contributed by atoms with Crippen molar-refractivity contribution >= 4 is 17.2 Å². The number of hydroxylamine groups is 1. The van der Waals surface area contributed by atoms with Crippen LogP contribution in [0.4, 0.5) is 4.39 Å². The molecule has 0 fully saturated rings. The highest BCUT2D eigenvalue weighted by Gasteiger charge is 2.13. The number of carbonyl (C=O) groups excluding carboxylic acids is 1. The normalized spacial score (nSPS) is 9.93. The van der Waals surface area contributed by atoms with Crippen LogP contribution >= 0.6 is 0 Å². The van der Waals surface area contributed by atoms with Gasteiger partial charge in [0.15, 0.2) is 6.29 Å². The summed E-state index contributed by atoms with van der Waals surface area (Å²) in [5.41, 5.74) is 4.22. The molecule has 0 amide bonds. The maximum atomic E-state index is 14.0. The fourth-order valence-corrected chi connectivity index (χ4v) is 2.49. The van der Waals surface area contributed by atoms with Gasteiger partial charge in [-0.3, -0.25) is 9.59 Å². The Labute approximate surface area is 163 Å². The Morgan fingerprint density at radius 3 is 2.57 bits per heavy atom. The fraction of sp³-hybridized carbons (Fsp3) is 0.350. The minimum atomic E-state index is -0.376. The number of carbonyl (C=O) groups is 1. The number of aryl methyl sites for hydroxylation is 1. The van der Waals surface area contributed by atoms with Gasteiger partial charge in [0.05, 0.1) is 35.9 Å². The summed E-state index contributed by atoms with van der Waals surface area (Å²) in [6.45, 7) is 8.63. The molecule has 3 aromatic rings. The molecule has 3 rings (SSSR count). The second kappa shape index (κ2) is 11.8. The number of aldehydes is 1. The monoisotopic (exact) mass is 390 g/mol. The SMILES string of the molecule is CC.CCONC.Cc1ccc(Cn2c(C=O)cc3c(=O)[nH]ncc32)c(F)c1. The van der Waals surface area contributed by atoms with Gasteiger partial charge in [0.2, 0.25) is 0 Å². The van der Waals surface area contributed by atoms with E-state index in [0.717, 1.165) is 12.2 Å². The van der Waals surface area contributed by atoms with Crippen molar-refractivity contribution in [2.75, 3.05) is 13.7 Å². The number of rotatable bonds is 5. The molecule has 0 saturated carbocycles. The van der Waals surface area contributed by atoms with Gasteiger partial charge in [-0.05, 0) is 31.5 Å². The molecule has 0 spiro atoms. The number of halogens is 1. The summed E-state index contributed by atoms with van der Waals surface area (Å²) in [6.07, 6.45) is 2.10. The van der Waals surface area contributed by atoms with Crippen molar-refractivity contribution < 1.29 is 14.0 Å². The number of nitrogens with zero attached hydrogens (tertiary/aromatic N) is 2. The summed E-state index contributed by atoms with van der Waals surface area (Å²) in [5, 5.41) is 6.40. The lowest BCUT2D eigenvalue weighted by Crippen LogP contribution is -2.09. The maximum Gasteiger partial charge on any atom is 0.273 e. The molecule has 0 bridgehead atoms. The zero-order valence-corrected chi connectivity index (χ0v) is 16.9. The minimum Gasteiger partial charge on any atom is -0.332 e. The lowest BCUT2D eigenvalue weighted by atomic mass is 10.1. The highest BCUT2D eigenvalue weighted by atomic mass is 19.1. The van der Waals surface area contributed by atoms with Gasteiger partial charge in [-0.1, -0.05) is 26.0 Å². The molecule has 28 heavy (non-hydrogen) atoms. The highest BCUT2D eigenvalue weighted by molar-refractivity contribution is 5.87. The molecule has 8 heteroatoms. The van der Waals surface area contributed by atoms with Crippen LogP contribution in [0.15, 0.2) is 35.3 Å². The molecule has 1 aromatic carbocycles. The van der Waals surface area contributed by atoms with Gasteiger partial charge in [0.25, 0.3) is 5.56 Å². The van der Waals surface area contributed by atoms with E-state index in [2.05, 4.69) is 20.5 Å². The minimum absolute atomic E-state index is 0.162. The molecule has 0 radical (unpaired) electrons. The van der Waals surface area contributed by atoms with Crippen LogP contribution in [0.5, 0.6) is 0 Å². The van der Waals surface area contributed by atoms with Crippen molar-refractivity contribution in [1.29, 1.82) is 0 Å². The summed E-state index contributed by atoms with van der Waals surface area (Å²) in [6, 6.07) is 6.39. The molecule has 2 aromatic heterocycles. The van der Waals surface area contributed by atoms with E-state index >= 15 is 0 Å². The summed E-state index contributed by atoms with van der Waals surface area (Å²) >= 11 is 0. The van der Waals surface area contributed by atoms with Crippen molar-refractivity contribution in [3.05, 3.63) is 63.5 Å². The molecule has 0 unspecified atom stereocenters. The third-order valence-corrected chi connectivity index (χ3v) is 3.71. The van der Waals surface area contributed by atoms with E-state index in [4.69, 9.17) is 0 Å². The molecule has 0 aliphatic heterocycles. The van der Waals surface area contributed by atoms with Crippen LogP contribution in [0.3, 0.4) is 0 Å². The average molecular weight is 390 g/mol. The molecular formula is C20H27FN4O3. The van der Waals surface area contributed by atoms with Crippen LogP contribution in [0.2, 0.25) is 0 Å². The number of aromatic nitrogens is 3. The average Bonchev–Trinajstić information content (AvgIpc) is 3.06. The molecule has 7 nitrogen and oxygen atoms in total. The predicted octanol–water partition coefficient (Wildman–Crippen LogP) is 3.22. The van der Waals surface area contributed by atoms with E-state index in [1.807, 2.05) is 20.8 Å². The van der Waals surface area contributed by atoms with Gasteiger partial charge in [-0.15, -0.1) is 0 Å². The van der Waals surface area contributed by atoms with E-state index in [1.54, 1.807) is 30.7 Å². The first-order chi connectivity index (χ1) is 13.5. The third kappa shape index (κ3) is 5.83. The first-order valence-corrected chi connectivity index (χ1v) is 9.07. The molecular weight excluding hydrogens is 363 g/mol. The van der Waals surface area contributed by atoms with E-state index in [0.29, 0.717) is 28.4 Å². The van der Waals surface area contributed by atoms with E-state index in [9.17, 15) is 14.0 Å². The Bertz CT molecular complexity index is 948. The Hall–Kier alpha value is -2.84. The van der Waals surface area contributed by atoms with E-state index < -0.39 is 0 Å². The summed E-state index contributed by atoms with van der Waals surface area (Å²) < 4.78 is 15.6. The molecule has 2 heterocycles. The van der Waals surface area contributed by atoms with Gasteiger partial charge >= 0.3 is 0 Å². The first-order valence-electron chi connectivity index (χ1n) is 9.07. The number of hydrogen-bond acceptors (Lipinski definition) is 5. The van der Waals surface area contributed by atoms with Crippen molar-refractivity contribution in [2.45, 2.75) is 34.2 Å². The summed E-state index contributed by atoms with van der Waals surface area (Å²) in [5.74, 6) is -0.341. The van der Waals surface area contributed by atoms with Crippen molar-refractivity contribution in [2.24, 2.45) is 0 Å². The van der Waals surface area contributed by atoms with Crippen molar-refractivity contribution in [1.82, 2.24) is 20.2 Å². The molecule has 0 atom stereocenters. The van der Waals surface area contributed by atoms with Gasteiger partial charge in [0, 0.05) is 12.6 Å². The second-order valence-corrected chi connectivity index (χ2v) is 5.50. The molecule has 0 saturated heterocycles. The Balaban J connectivity index is 0.000000490. The highest BCUT2D eigenvalue weighted by Crippen LogP contribution is 2.18. The Morgan fingerprint density at radius 1 is 1.32 bits per heavy atom. The second-order valence-electron chi connectivity index (χ2n) is 5.50. The largest absolute Gasteiger partial charge is 0.332 e. The topological polar surface area (TPSA) is 89.0 Å². The van der Waals surface area contributed by atoms with Crippen LogP contribution in [-0.2, 0) is 11.4 Å². The van der Waals surface area contributed by atoms with Crippen LogP contribution in [0.25, 0.3) is 10.9 Å². The lowest BCUT2D eigenvalue weighted by molar-refractivity contribution is 0.0687. The van der Waals surface area contributed by atoms with Crippen molar-refractivity contribution in [3.63, 3.8) is 0 Å². The number of nitrogens with one attached hydrogen (secondary N) is 2. The quantitative estimate of drug-likeness (QED) is 0.516. The van der Waals surface area contributed by atoms with Crippen molar-refractivity contribution in [3.8, 4) is 0 Å². The van der Waals surface area contributed by atoms with Crippen LogP contribution in [0, 0.1) is 12.7 Å². The van der Waals surface area contributed by atoms with Gasteiger partial charge < -0.3 is 9.40 Å². The number of benzene rings is 1. The number of H-pyrrole nitrogens is 1. The zero-order chi connectivity index (χ0) is 21.1. The molecule has 152 valence electrons. The third-order valence-electron chi connectivity index (χ3n) is 3.71. The molecule has 0 aliphatic carbocycles. The van der Waals surface area contributed by atoms with Gasteiger partial charge in [0.1, 0.15) is 5.82 Å². The smallest absolute Gasteiger partial charge is 0.273 e. The number of hydrogen-bond donors (Lipinski definition) is 2. The maximum absolute atomic E-state index is 14.0. The lowest BCUT2D eigenvalue weighted by Gasteiger charge is -2.09. The van der Waals surface area contributed by atoms with Crippen LogP contribution in [-0.4, -0.2) is 34.7 Å². The summed E-state index contributed by atoms with van der Waals surface area (Å²) in [4.78, 5) is 27.5. The standard InChI is InChI=1S/C15H12FN3O2.C3H9NO.C2H6/c1-9-2-3-10(13(16)4-9)7-19-11(8-20)5-12-14(19)6-17-18-15(12)21;1-3-5-4-2;1-2/h2-6,8H,7H2,1H3,(H,18,21);4H,3H2,1-2H3;1-2H3. The molecule has 2 N–H and O–H groups in total. The first kappa shape index (κ1) is 23.2. The van der Waals surface area contributed by atoms with Gasteiger partial charge in [-0.25, -0.2) is 15.0 Å². The zero-order valence-electron chi connectivity index (χ0n) is 16.9. The van der Waals surface area contributed by atoms with Crippen LogP contribution < -0.4 is 11.0 Å². The van der Waals surface area contributed by atoms with E-state index in [-0.39, 0.29) is 17.9 Å². The Kier molecular flexibility index (Phi) is 9.76. The number of aromatic amines is 1. The number of fused-ring (bicyclic) bond motifs is 1. The fourth-order valence-electron chi connectivity index (χ4n) is 2.49. The van der Waals surface area contributed by atoms with Crippen LogP contribution in [0.1, 0.15) is 42.4 Å². The Morgan fingerprint density at radius 2 is 2.04 bits per heavy atom. The van der Waals surface area contributed by atoms with E-state index in [1.165, 1.54) is 18.3 Å².